The van der Waals surface area contributed by atoms with Crippen molar-refractivity contribution >= 4 is 5.97 Å². The van der Waals surface area contributed by atoms with Gasteiger partial charge in [0.2, 0.25) is 0 Å². The first-order chi connectivity index (χ1) is 5.38. The molecule has 0 rings (SSSR count). The van der Waals surface area contributed by atoms with Crippen LogP contribution < -0.4 is 0 Å². The number of rotatable bonds is 2. The van der Waals surface area contributed by atoms with Gasteiger partial charge < -0.3 is 4.74 Å². The summed E-state index contributed by atoms with van der Waals surface area (Å²) in [5.74, 6) is -0.965. The third-order valence-corrected chi connectivity index (χ3v) is 1.07. The molecule has 0 aromatic heterocycles. The van der Waals surface area contributed by atoms with Crippen molar-refractivity contribution < 1.29 is 22.7 Å². The molecule has 0 bridgehead atoms. The second-order valence-electron chi connectivity index (χ2n) is 2.08. The number of alkyl halides is 3. The molecule has 0 unspecified atom stereocenters. The van der Waals surface area contributed by atoms with E-state index in [9.17, 15) is 18.0 Å². The van der Waals surface area contributed by atoms with Gasteiger partial charge in [-0.15, -0.1) is 0 Å². The van der Waals surface area contributed by atoms with Crippen molar-refractivity contribution in [1.82, 2.24) is 0 Å². The zero-order valence-electron chi connectivity index (χ0n) is 6.73. The Morgan fingerprint density at radius 1 is 1.50 bits per heavy atom. The van der Waals surface area contributed by atoms with Crippen molar-refractivity contribution in [3.8, 4) is 0 Å². The Morgan fingerprint density at radius 3 is 2.33 bits per heavy atom. The Kier molecular flexibility index (Phi) is 3.79. The van der Waals surface area contributed by atoms with Crippen LogP contribution in [0.3, 0.4) is 0 Å². The van der Waals surface area contributed by atoms with Crippen LogP contribution in [0.4, 0.5) is 13.2 Å². The molecule has 12 heavy (non-hydrogen) atoms. The van der Waals surface area contributed by atoms with E-state index in [1.807, 2.05) is 0 Å². The summed E-state index contributed by atoms with van der Waals surface area (Å²) in [5.41, 5.74) is -0.957. The highest BCUT2D eigenvalue weighted by molar-refractivity contribution is 5.82. The standard InChI is InChI=1S/C7H9F3O2/c1-3-12-6(11)4-5(2)7(8,9)10/h4H,3H2,1-2H3/b5-4+. The molecule has 0 aliphatic heterocycles. The summed E-state index contributed by atoms with van der Waals surface area (Å²) in [7, 11) is 0. The van der Waals surface area contributed by atoms with E-state index in [-0.39, 0.29) is 6.61 Å². The van der Waals surface area contributed by atoms with Gasteiger partial charge in [-0.25, -0.2) is 4.79 Å². The number of halogens is 3. The van der Waals surface area contributed by atoms with Gasteiger partial charge in [-0.2, -0.15) is 13.2 Å². The van der Waals surface area contributed by atoms with Crippen LogP contribution in [0.1, 0.15) is 13.8 Å². The fourth-order valence-corrected chi connectivity index (χ4v) is 0.443. The average Bonchev–Trinajstić information content (AvgIpc) is 1.85. The van der Waals surface area contributed by atoms with E-state index >= 15 is 0 Å². The van der Waals surface area contributed by atoms with E-state index in [1.165, 1.54) is 6.92 Å². The van der Waals surface area contributed by atoms with Crippen LogP contribution in [0, 0.1) is 0 Å². The molecule has 0 aromatic rings. The van der Waals surface area contributed by atoms with E-state index in [4.69, 9.17) is 0 Å². The lowest BCUT2D eigenvalue weighted by Gasteiger charge is -2.05. The highest BCUT2D eigenvalue weighted by atomic mass is 19.4. The molecule has 0 heterocycles. The van der Waals surface area contributed by atoms with Crippen molar-refractivity contribution in [2.75, 3.05) is 6.61 Å². The Hall–Kier alpha value is -1.00. The maximum absolute atomic E-state index is 11.8. The zero-order chi connectivity index (χ0) is 9.78. The molecule has 0 fully saturated rings. The van der Waals surface area contributed by atoms with Gasteiger partial charge in [-0.3, -0.25) is 0 Å². The zero-order valence-corrected chi connectivity index (χ0v) is 6.73. The molecule has 0 aliphatic rings. The molecule has 0 amide bonds. The molecule has 0 atom stereocenters. The Labute approximate surface area is 68.0 Å². The highest BCUT2D eigenvalue weighted by Gasteiger charge is 2.30. The van der Waals surface area contributed by atoms with Gasteiger partial charge in [0.05, 0.1) is 6.61 Å². The second kappa shape index (κ2) is 4.13. The number of allylic oxidation sites excluding steroid dienone is 1. The molecule has 0 radical (unpaired) electrons. The largest absolute Gasteiger partial charge is 0.463 e. The molecule has 0 saturated carbocycles. The summed E-state index contributed by atoms with van der Waals surface area (Å²) in [5, 5.41) is 0. The molecule has 0 spiro atoms. The van der Waals surface area contributed by atoms with Crippen LogP contribution in [-0.2, 0) is 9.53 Å². The summed E-state index contributed by atoms with van der Waals surface area (Å²) in [6.07, 6.45) is -4.02. The predicted octanol–water partition coefficient (Wildman–Crippen LogP) is 2.06. The first-order valence-electron chi connectivity index (χ1n) is 3.30. The van der Waals surface area contributed by atoms with Gasteiger partial charge in [0.15, 0.2) is 0 Å². The summed E-state index contributed by atoms with van der Waals surface area (Å²) < 4.78 is 39.6. The van der Waals surface area contributed by atoms with Crippen LogP contribution >= 0.6 is 0 Å². The topological polar surface area (TPSA) is 26.3 Å². The molecular weight excluding hydrogens is 173 g/mol. The molecule has 0 aliphatic carbocycles. The lowest BCUT2D eigenvalue weighted by Crippen LogP contribution is -2.11. The van der Waals surface area contributed by atoms with Crippen molar-refractivity contribution in [2.45, 2.75) is 20.0 Å². The monoisotopic (exact) mass is 182 g/mol. The van der Waals surface area contributed by atoms with Gasteiger partial charge >= 0.3 is 12.1 Å². The van der Waals surface area contributed by atoms with Crippen molar-refractivity contribution in [2.24, 2.45) is 0 Å². The van der Waals surface area contributed by atoms with Crippen molar-refractivity contribution in [3.63, 3.8) is 0 Å². The number of carbonyl (C=O) groups is 1. The summed E-state index contributed by atoms with van der Waals surface area (Å²) in [6.45, 7) is 2.41. The molecule has 0 saturated heterocycles. The average molecular weight is 182 g/mol. The Bertz CT molecular complexity index is 193. The quantitative estimate of drug-likeness (QED) is 0.482. The van der Waals surface area contributed by atoms with E-state index < -0.39 is 17.7 Å². The summed E-state index contributed by atoms with van der Waals surface area (Å²) in [4.78, 5) is 10.5. The van der Waals surface area contributed by atoms with E-state index in [1.54, 1.807) is 0 Å². The third kappa shape index (κ3) is 4.00. The lowest BCUT2D eigenvalue weighted by molar-refractivity contribution is -0.138. The first-order valence-corrected chi connectivity index (χ1v) is 3.30. The Balaban J connectivity index is 4.26. The van der Waals surface area contributed by atoms with Gasteiger partial charge in [-0.05, 0) is 13.8 Å². The predicted molar refractivity (Wildman–Crippen MR) is 36.4 cm³/mol. The second-order valence-corrected chi connectivity index (χ2v) is 2.08. The summed E-state index contributed by atoms with van der Waals surface area (Å²) in [6, 6.07) is 0. The van der Waals surface area contributed by atoms with E-state index in [0.29, 0.717) is 6.08 Å². The maximum atomic E-state index is 11.8. The fourth-order valence-electron chi connectivity index (χ4n) is 0.443. The molecular formula is C7H9F3O2. The van der Waals surface area contributed by atoms with E-state index in [0.717, 1.165) is 6.92 Å². The molecule has 0 N–H and O–H groups in total. The lowest BCUT2D eigenvalue weighted by atomic mass is 10.3. The highest BCUT2D eigenvalue weighted by Crippen LogP contribution is 2.24. The number of carbonyl (C=O) groups excluding carboxylic acids is 1. The summed E-state index contributed by atoms with van der Waals surface area (Å²) >= 11 is 0. The van der Waals surface area contributed by atoms with Crippen LogP contribution in [0.25, 0.3) is 0 Å². The van der Waals surface area contributed by atoms with Crippen LogP contribution in [-0.4, -0.2) is 18.8 Å². The minimum atomic E-state index is -4.45. The maximum Gasteiger partial charge on any atom is 0.412 e. The third-order valence-electron chi connectivity index (χ3n) is 1.07. The van der Waals surface area contributed by atoms with Gasteiger partial charge in [0.25, 0.3) is 0 Å². The van der Waals surface area contributed by atoms with Crippen LogP contribution in [0.15, 0.2) is 11.6 Å². The number of hydrogen-bond donors (Lipinski definition) is 0. The Morgan fingerprint density at radius 2 is 2.00 bits per heavy atom. The van der Waals surface area contributed by atoms with Gasteiger partial charge in [0.1, 0.15) is 0 Å². The number of esters is 1. The minimum Gasteiger partial charge on any atom is -0.463 e. The normalized spacial score (nSPS) is 12.9. The molecule has 70 valence electrons. The fraction of sp³-hybridized carbons (Fsp3) is 0.571. The van der Waals surface area contributed by atoms with Gasteiger partial charge in [-0.1, -0.05) is 0 Å². The smallest absolute Gasteiger partial charge is 0.412 e. The van der Waals surface area contributed by atoms with Crippen molar-refractivity contribution in [1.29, 1.82) is 0 Å². The first kappa shape index (κ1) is 11.0. The van der Waals surface area contributed by atoms with E-state index in [2.05, 4.69) is 4.74 Å². The molecule has 5 heteroatoms. The van der Waals surface area contributed by atoms with Crippen LogP contribution in [0.2, 0.25) is 0 Å². The van der Waals surface area contributed by atoms with Gasteiger partial charge in [0, 0.05) is 11.6 Å². The van der Waals surface area contributed by atoms with Crippen LogP contribution in [0.5, 0.6) is 0 Å². The number of ether oxygens (including phenoxy) is 1. The SMILES string of the molecule is CCOC(=O)/C=C(\C)C(F)(F)F. The minimum absolute atomic E-state index is 0.0699. The van der Waals surface area contributed by atoms with Crippen molar-refractivity contribution in [3.05, 3.63) is 11.6 Å². The molecule has 0 aromatic carbocycles. The molecule has 2 nitrogen and oxygen atoms in total. The number of hydrogen-bond acceptors (Lipinski definition) is 2.